The van der Waals surface area contributed by atoms with Crippen LogP contribution in [0.15, 0.2) is 72.8 Å². The summed E-state index contributed by atoms with van der Waals surface area (Å²) < 4.78 is 0. The molecule has 0 radical (unpaired) electrons. The Morgan fingerprint density at radius 1 is 0.643 bits per heavy atom. The molecule has 28 heavy (non-hydrogen) atoms. The van der Waals surface area contributed by atoms with Crippen LogP contribution < -0.4 is 10.6 Å². The third-order valence-electron chi connectivity index (χ3n) is 4.14. The van der Waals surface area contributed by atoms with Gasteiger partial charge in [0.25, 0.3) is 11.8 Å². The number of halogens is 2. The molecule has 2 N–H and O–H groups in total. The molecule has 3 aromatic carbocycles. The average molecular weight is 413 g/mol. The minimum atomic E-state index is -0.396. The van der Waals surface area contributed by atoms with Crippen molar-refractivity contribution >= 4 is 35.0 Å². The zero-order chi connectivity index (χ0) is 19.9. The first-order valence-corrected chi connectivity index (χ1v) is 9.43. The van der Waals surface area contributed by atoms with E-state index in [1.807, 2.05) is 60.7 Å². The lowest BCUT2D eigenvalue weighted by molar-refractivity contribution is 0.0916. The van der Waals surface area contributed by atoms with Gasteiger partial charge in [-0.2, -0.15) is 0 Å². The van der Waals surface area contributed by atoms with Crippen molar-refractivity contribution in [3.8, 4) is 0 Å². The van der Waals surface area contributed by atoms with Crippen molar-refractivity contribution in [3.05, 3.63) is 105 Å². The van der Waals surface area contributed by atoms with Crippen LogP contribution in [0, 0.1) is 0 Å². The predicted octanol–water partition coefficient (Wildman–Crippen LogP) is 4.85. The molecule has 0 aliphatic heterocycles. The minimum absolute atomic E-state index is 0.177. The molecule has 0 aliphatic rings. The van der Waals surface area contributed by atoms with Gasteiger partial charge in [-0.1, -0.05) is 83.9 Å². The second-order valence-corrected chi connectivity index (χ2v) is 6.96. The molecule has 0 aromatic heterocycles. The minimum Gasteiger partial charge on any atom is -0.348 e. The molecule has 0 aliphatic carbocycles. The second kappa shape index (κ2) is 9.40. The smallest absolute Gasteiger partial charge is 0.252 e. The Hall–Kier alpha value is -2.82. The van der Waals surface area contributed by atoms with Gasteiger partial charge < -0.3 is 10.6 Å². The lowest BCUT2D eigenvalue weighted by atomic mass is 10.1. The van der Waals surface area contributed by atoms with Crippen LogP contribution in [0.25, 0.3) is 0 Å². The van der Waals surface area contributed by atoms with Crippen LogP contribution in [0.4, 0.5) is 0 Å². The van der Waals surface area contributed by atoms with E-state index in [4.69, 9.17) is 23.2 Å². The van der Waals surface area contributed by atoms with Crippen molar-refractivity contribution in [2.45, 2.75) is 13.1 Å². The van der Waals surface area contributed by atoms with Gasteiger partial charge in [0.2, 0.25) is 0 Å². The Morgan fingerprint density at radius 2 is 1.00 bits per heavy atom. The monoisotopic (exact) mass is 412 g/mol. The Labute approximate surface area is 173 Å². The van der Waals surface area contributed by atoms with Crippen molar-refractivity contribution in [3.63, 3.8) is 0 Å². The zero-order valence-electron chi connectivity index (χ0n) is 14.9. The van der Waals surface area contributed by atoms with Crippen LogP contribution in [0.1, 0.15) is 31.8 Å². The maximum Gasteiger partial charge on any atom is 0.252 e. The summed E-state index contributed by atoms with van der Waals surface area (Å²) in [5.74, 6) is -0.792. The molecule has 0 unspecified atom stereocenters. The van der Waals surface area contributed by atoms with Crippen LogP contribution >= 0.6 is 23.2 Å². The fourth-order valence-electron chi connectivity index (χ4n) is 2.67. The van der Waals surface area contributed by atoms with Gasteiger partial charge >= 0.3 is 0 Å². The second-order valence-electron chi connectivity index (χ2n) is 6.15. The van der Waals surface area contributed by atoms with E-state index in [0.717, 1.165) is 11.1 Å². The highest BCUT2D eigenvalue weighted by Gasteiger charge is 2.19. The number of carbonyl (C=O) groups excluding carboxylic acids is 2. The largest absolute Gasteiger partial charge is 0.348 e. The number of amides is 2. The van der Waals surface area contributed by atoms with Gasteiger partial charge in [0, 0.05) is 13.1 Å². The van der Waals surface area contributed by atoms with E-state index in [1.54, 1.807) is 0 Å². The summed E-state index contributed by atoms with van der Waals surface area (Å²) in [4.78, 5) is 25.4. The fraction of sp³-hybridized carbons (Fsp3) is 0.0909. The Kier molecular flexibility index (Phi) is 6.69. The third kappa shape index (κ3) is 5.12. The summed E-state index contributed by atoms with van der Waals surface area (Å²) in [6.45, 7) is 0.677. The Balaban J connectivity index is 1.77. The molecule has 2 amide bonds. The highest BCUT2D eigenvalue weighted by atomic mass is 35.5. The molecule has 0 bridgehead atoms. The maximum absolute atomic E-state index is 12.7. The van der Waals surface area contributed by atoms with Crippen molar-refractivity contribution in [1.29, 1.82) is 0 Å². The lowest BCUT2D eigenvalue weighted by Crippen LogP contribution is -2.29. The molecule has 3 rings (SSSR count). The molecule has 0 fully saturated rings. The third-order valence-corrected chi connectivity index (χ3v) is 4.86. The van der Waals surface area contributed by atoms with Gasteiger partial charge in [0.05, 0.1) is 21.2 Å². The van der Waals surface area contributed by atoms with Crippen molar-refractivity contribution in [2.75, 3.05) is 0 Å². The molecule has 6 heteroatoms. The predicted molar refractivity (Wildman–Crippen MR) is 112 cm³/mol. The normalized spacial score (nSPS) is 10.4. The van der Waals surface area contributed by atoms with Crippen LogP contribution in [0.3, 0.4) is 0 Å². The van der Waals surface area contributed by atoms with E-state index in [-0.39, 0.29) is 21.2 Å². The molecule has 0 heterocycles. The summed E-state index contributed by atoms with van der Waals surface area (Å²) in [5, 5.41) is 6.05. The first-order valence-electron chi connectivity index (χ1n) is 8.68. The van der Waals surface area contributed by atoms with Gasteiger partial charge in [0.1, 0.15) is 0 Å². The van der Waals surface area contributed by atoms with Crippen LogP contribution in [-0.4, -0.2) is 11.8 Å². The fourth-order valence-corrected chi connectivity index (χ4v) is 3.00. The molecule has 4 nitrogen and oxygen atoms in total. The van der Waals surface area contributed by atoms with E-state index in [9.17, 15) is 9.59 Å². The van der Waals surface area contributed by atoms with Crippen LogP contribution in [-0.2, 0) is 13.1 Å². The highest BCUT2D eigenvalue weighted by molar-refractivity contribution is 6.42. The molecule has 0 atom stereocenters. The summed E-state index contributed by atoms with van der Waals surface area (Å²) >= 11 is 12.2. The number of carbonyl (C=O) groups is 2. The molecular weight excluding hydrogens is 395 g/mol. The van der Waals surface area contributed by atoms with E-state index >= 15 is 0 Å². The van der Waals surface area contributed by atoms with Gasteiger partial charge in [0.15, 0.2) is 0 Å². The summed E-state index contributed by atoms with van der Waals surface area (Å²) in [5.41, 5.74) is 2.25. The standard InChI is InChI=1S/C22H18Cl2N2O2/c23-19-11-17(21(27)25-13-15-7-3-1-4-8-15)18(12-20(19)24)22(28)26-14-16-9-5-2-6-10-16/h1-12H,13-14H2,(H,25,27)(H,26,28). The van der Waals surface area contributed by atoms with Crippen molar-refractivity contribution in [2.24, 2.45) is 0 Å². The van der Waals surface area contributed by atoms with Gasteiger partial charge in [-0.3, -0.25) is 9.59 Å². The number of nitrogens with one attached hydrogen (secondary N) is 2. The Bertz CT molecular complexity index is 896. The molecule has 0 spiro atoms. The summed E-state index contributed by atoms with van der Waals surface area (Å²) in [6, 6.07) is 21.8. The maximum atomic E-state index is 12.7. The first-order chi connectivity index (χ1) is 13.5. The molecule has 3 aromatic rings. The number of benzene rings is 3. The quantitative estimate of drug-likeness (QED) is 0.607. The SMILES string of the molecule is O=C(NCc1ccccc1)c1cc(Cl)c(Cl)cc1C(=O)NCc1ccccc1. The molecule has 142 valence electrons. The van der Waals surface area contributed by atoms with E-state index in [2.05, 4.69) is 10.6 Å². The number of hydrogen-bond donors (Lipinski definition) is 2. The van der Waals surface area contributed by atoms with E-state index < -0.39 is 11.8 Å². The van der Waals surface area contributed by atoms with Crippen molar-refractivity contribution < 1.29 is 9.59 Å². The van der Waals surface area contributed by atoms with Crippen LogP contribution in [0.5, 0.6) is 0 Å². The zero-order valence-corrected chi connectivity index (χ0v) is 16.4. The first kappa shape index (κ1) is 19.9. The Morgan fingerprint density at radius 3 is 1.36 bits per heavy atom. The lowest BCUT2D eigenvalue weighted by Gasteiger charge is -2.12. The topological polar surface area (TPSA) is 58.2 Å². The van der Waals surface area contributed by atoms with E-state index in [1.165, 1.54) is 12.1 Å². The highest BCUT2D eigenvalue weighted by Crippen LogP contribution is 2.26. The molecular formula is C22H18Cl2N2O2. The summed E-state index contributed by atoms with van der Waals surface area (Å²) in [6.07, 6.45) is 0. The molecule has 0 saturated heterocycles. The van der Waals surface area contributed by atoms with E-state index in [0.29, 0.717) is 13.1 Å². The van der Waals surface area contributed by atoms with Gasteiger partial charge in [-0.05, 0) is 23.3 Å². The molecule has 0 saturated carbocycles. The van der Waals surface area contributed by atoms with Crippen molar-refractivity contribution in [1.82, 2.24) is 10.6 Å². The average Bonchev–Trinajstić information content (AvgIpc) is 2.73. The van der Waals surface area contributed by atoms with Gasteiger partial charge in [-0.25, -0.2) is 0 Å². The number of rotatable bonds is 6. The summed E-state index contributed by atoms with van der Waals surface area (Å²) in [7, 11) is 0. The number of hydrogen-bond acceptors (Lipinski definition) is 2. The van der Waals surface area contributed by atoms with Gasteiger partial charge in [-0.15, -0.1) is 0 Å². The van der Waals surface area contributed by atoms with Crippen LogP contribution in [0.2, 0.25) is 10.0 Å².